The average Bonchev–Trinajstić information content (AvgIpc) is 3.49. The van der Waals surface area contributed by atoms with Crippen molar-refractivity contribution in [2.24, 2.45) is 0 Å². The molecule has 0 radical (unpaired) electrons. The van der Waals surface area contributed by atoms with Crippen molar-refractivity contribution in [3.05, 3.63) is 72.0 Å². The number of aromatic nitrogens is 3. The van der Waals surface area contributed by atoms with Gasteiger partial charge in [0, 0.05) is 11.1 Å². The Labute approximate surface area is 208 Å². The third kappa shape index (κ3) is 3.77. The van der Waals surface area contributed by atoms with Gasteiger partial charge >= 0.3 is 6.03 Å². The molecule has 6 rings (SSSR count). The Kier molecular flexibility index (Phi) is 5.30. The Morgan fingerprint density at radius 1 is 0.971 bits per heavy atom. The van der Waals surface area contributed by atoms with Gasteiger partial charge in [-0.15, -0.1) is 11.3 Å². The van der Waals surface area contributed by atoms with Crippen LogP contribution in [0.2, 0.25) is 0 Å². The van der Waals surface area contributed by atoms with Crippen LogP contribution in [0.4, 0.5) is 10.5 Å². The van der Waals surface area contributed by atoms with E-state index in [9.17, 15) is 4.79 Å². The fourth-order valence-corrected chi connectivity index (χ4v) is 6.40. The maximum absolute atomic E-state index is 13.0. The van der Waals surface area contributed by atoms with Crippen molar-refractivity contribution in [2.75, 3.05) is 25.5 Å². The maximum Gasteiger partial charge on any atom is 0.322 e. The van der Waals surface area contributed by atoms with Gasteiger partial charge in [0.25, 0.3) is 0 Å². The molecule has 1 spiro atoms. The van der Waals surface area contributed by atoms with Crippen LogP contribution in [0.1, 0.15) is 31.2 Å². The zero-order chi connectivity index (χ0) is 24.0. The van der Waals surface area contributed by atoms with Crippen LogP contribution < -0.4 is 10.2 Å². The summed E-state index contributed by atoms with van der Waals surface area (Å²) >= 11 is 1.60. The highest BCUT2D eigenvalue weighted by atomic mass is 32.1. The van der Waals surface area contributed by atoms with Gasteiger partial charge in [-0.25, -0.2) is 19.7 Å². The molecule has 8 heteroatoms. The van der Waals surface area contributed by atoms with E-state index in [4.69, 9.17) is 0 Å². The average molecular weight is 485 g/mol. The summed E-state index contributed by atoms with van der Waals surface area (Å²) in [4.78, 5) is 30.7. The second-order valence-corrected chi connectivity index (χ2v) is 10.8. The normalized spacial score (nSPS) is 24.4. The Morgan fingerprint density at radius 3 is 2.43 bits per heavy atom. The summed E-state index contributed by atoms with van der Waals surface area (Å²) in [5.41, 5.74) is 5.62. The minimum atomic E-state index is -0.221. The molecule has 3 heterocycles. The third-order valence-corrected chi connectivity index (χ3v) is 8.61. The number of nitrogens with one attached hydrogen (secondary N) is 1. The summed E-state index contributed by atoms with van der Waals surface area (Å²) in [6.45, 7) is 0.639. The zero-order valence-corrected chi connectivity index (χ0v) is 20.8. The fourth-order valence-electron chi connectivity index (χ4n) is 5.69. The number of rotatable bonds is 4. The van der Waals surface area contributed by atoms with Gasteiger partial charge in [-0.05, 0) is 63.5 Å². The SMILES string of the molecule is CN(C)[C@]1(c2ccccc2)CC[C@@]2(CC1)CN(c1cnc(-c3ccc4ncsc4c3)nc1)C(=O)N2. The summed E-state index contributed by atoms with van der Waals surface area (Å²) < 4.78 is 1.11. The molecule has 7 nitrogen and oxygen atoms in total. The third-order valence-electron chi connectivity index (χ3n) is 7.82. The largest absolute Gasteiger partial charge is 0.330 e. The molecule has 0 unspecified atom stereocenters. The van der Waals surface area contributed by atoms with Crippen molar-refractivity contribution in [3.63, 3.8) is 0 Å². The van der Waals surface area contributed by atoms with Crippen LogP contribution in [0.5, 0.6) is 0 Å². The number of anilines is 1. The maximum atomic E-state index is 13.0. The van der Waals surface area contributed by atoms with Crippen molar-refractivity contribution in [1.29, 1.82) is 0 Å². The van der Waals surface area contributed by atoms with Crippen LogP contribution in [0, 0.1) is 0 Å². The molecule has 2 aliphatic rings. The predicted octanol–water partition coefficient (Wildman–Crippen LogP) is 5.05. The summed E-state index contributed by atoms with van der Waals surface area (Å²) in [5, 5.41) is 3.32. The number of carbonyl (C=O) groups excluding carboxylic acids is 1. The molecule has 1 N–H and O–H groups in total. The molecule has 2 aromatic carbocycles. The van der Waals surface area contributed by atoms with E-state index in [1.807, 2.05) is 17.6 Å². The van der Waals surface area contributed by atoms with Crippen LogP contribution in [0.3, 0.4) is 0 Å². The Balaban J connectivity index is 1.20. The molecule has 2 amide bonds. The van der Waals surface area contributed by atoms with Gasteiger partial charge in [-0.2, -0.15) is 0 Å². The highest BCUT2D eigenvalue weighted by Crippen LogP contribution is 2.46. The monoisotopic (exact) mass is 484 g/mol. The van der Waals surface area contributed by atoms with Gasteiger partial charge in [0.05, 0.1) is 45.9 Å². The molecular weight excluding hydrogens is 456 g/mol. The predicted molar refractivity (Wildman–Crippen MR) is 140 cm³/mol. The Morgan fingerprint density at radius 2 is 1.71 bits per heavy atom. The molecule has 0 atom stereocenters. The van der Waals surface area contributed by atoms with Crippen molar-refractivity contribution in [1.82, 2.24) is 25.2 Å². The first-order chi connectivity index (χ1) is 17.0. The lowest BCUT2D eigenvalue weighted by molar-refractivity contribution is 0.0658. The molecule has 0 bridgehead atoms. The first-order valence-electron chi connectivity index (χ1n) is 12.0. The van der Waals surface area contributed by atoms with E-state index in [1.54, 1.807) is 28.6 Å². The first kappa shape index (κ1) is 22.1. The van der Waals surface area contributed by atoms with Crippen molar-refractivity contribution in [3.8, 4) is 11.4 Å². The molecule has 178 valence electrons. The van der Waals surface area contributed by atoms with Gasteiger partial charge in [-0.1, -0.05) is 30.3 Å². The topological polar surface area (TPSA) is 74.2 Å². The minimum Gasteiger partial charge on any atom is -0.330 e. The quantitative estimate of drug-likeness (QED) is 0.439. The van der Waals surface area contributed by atoms with E-state index in [0.717, 1.165) is 47.2 Å². The number of hydrogen-bond acceptors (Lipinski definition) is 6. The van der Waals surface area contributed by atoms with Crippen molar-refractivity contribution in [2.45, 2.75) is 36.8 Å². The van der Waals surface area contributed by atoms with Crippen molar-refractivity contribution >= 4 is 33.3 Å². The molecule has 2 aromatic heterocycles. The number of carbonyl (C=O) groups is 1. The molecule has 35 heavy (non-hydrogen) atoms. The molecule has 1 aliphatic carbocycles. The number of benzene rings is 2. The van der Waals surface area contributed by atoms with E-state index in [0.29, 0.717) is 12.4 Å². The number of thiazole rings is 1. The standard InChI is InChI=1S/C27H28N6OS/c1-32(2)27(20-6-4-3-5-7-20)12-10-26(11-13-27)17-33(25(34)31-26)21-15-28-24(29-16-21)19-8-9-22-23(14-19)35-18-30-22/h3-9,14-16,18H,10-13,17H2,1-2H3,(H,31,34)/t26-,27-. The highest BCUT2D eigenvalue weighted by Gasteiger charge is 2.50. The van der Waals surface area contributed by atoms with Gasteiger partial charge in [0.1, 0.15) is 0 Å². The lowest BCUT2D eigenvalue weighted by Gasteiger charge is -2.48. The van der Waals surface area contributed by atoms with E-state index >= 15 is 0 Å². The van der Waals surface area contributed by atoms with Gasteiger partial charge in [-0.3, -0.25) is 9.80 Å². The summed E-state index contributed by atoms with van der Waals surface area (Å²) in [6, 6.07) is 16.7. The fraction of sp³-hybridized carbons (Fsp3) is 0.333. The highest BCUT2D eigenvalue weighted by molar-refractivity contribution is 7.16. The number of fused-ring (bicyclic) bond motifs is 1. The summed E-state index contributed by atoms with van der Waals surface area (Å²) in [7, 11) is 4.33. The van der Waals surface area contributed by atoms with Crippen LogP contribution in [-0.2, 0) is 5.54 Å². The van der Waals surface area contributed by atoms with Crippen molar-refractivity contribution < 1.29 is 4.79 Å². The van der Waals surface area contributed by atoms with E-state index < -0.39 is 0 Å². The van der Waals surface area contributed by atoms with Crippen LogP contribution in [0.15, 0.2) is 66.4 Å². The molecule has 1 aliphatic heterocycles. The zero-order valence-electron chi connectivity index (χ0n) is 19.9. The number of hydrogen-bond donors (Lipinski definition) is 1. The van der Waals surface area contributed by atoms with Gasteiger partial charge in [0.15, 0.2) is 5.82 Å². The number of urea groups is 1. The van der Waals surface area contributed by atoms with E-state index in [2.05, 4.69) is 75.7 Å². The second kappa shape index (κ2) is 8.39. The lowest BCUT2D eigenvalue weighted by atomic mass is 9.69. The summed E-state index contributed by atoms with van der Waals surface area (Å²) in [6.07, 6.45) is 7.36. The Bertz CT molecular complexity index is 1360. The molecule has 4 aromatic rings. The van der Waals surface area contributed by atoms with Crippen LogP contribution in [-0.4, -0.2) is 52.1 Å². The molecule has 2 fully saturated rings. The van der Waals surface area contributed by atoms with Gasteiger partial charge < -0.3 is 5.32 Å². The number of nitrogens with zero attached hydrogens (tertiary/aromatic N) is 5. The second-order valence-electron chi connectivity index (χ2n) is 9.89. The molecule has 1 saturated heterocycles. The first-order valence-corrected chi connectivity index (χ1v) is 12.8. The minimum absolute atomic E-state index is 0.00535. The van der Waals surface area contributed by atoms with E-state index in [1.165, 1.54) is 5.56 Å². The summed E-state index contributed by atoms with van der Waals surface area (Å²) in [5.74, 6) is 0.648. The van der Waals surface area contributed by atoms with Crippen LogP contribution >= 0.6 is 11.3 Å². The Hall–Kier alpha value is -3.36. The molecule has 1 saturated carbocycles. The number of amides is 2. The van der Waals surface area contributed by atoms with Gasteiger partial charge in [0.2, 0.25) is 0 Å². The smallest absolute Gasteiger partial charge is 0.322 e. The molecular formula is C27H28N6OS. The lowest BCUT2D eigenvalue weighted by Crippen LogP contribution is -2.54. The van der Waals surface area contributed by atoms with Crippen LogP contribution in [0.25, 0.3) is 21.6 Å². The van der Waals surface area contributed by atoms with E-state index in [-0.39, 0.29) is 17.1 Å².